The molecule has 2 unspecified atom stereocenters. The Labute approximate surface area is 125 Å². The van der Waals surface area contributed by atoms with Crippen molar-refractivity contribution in [2.75, 3.05) is 5.73 Å². The zero-order valence-corrected chi connectivity index (χ0v) is 11.9. The number of allylic oxidation sites excluding steroid dienone is 2. The summed E-state index contributed by atoms with van der Waals surface area (Å²) in [6.45, 7) is 0. The zero-order valence-electron chi connectivity index (χ0n) is 11.1. The number of nitrogen functional groups attached to an aromatic ring is 1. The Hall–Kier alpha value is -2.27. The topological polar surface area (TPSA) is 170 Å². The minimum absolute atomic E-state index is 0.140. The maximum atomic E-state index is 11.6. The van der Waals surface area contributed by atoms with Crippen LogP contribution in [0.2, 0.25) is 0 Å². The molecule has 0 aromatic heterocycles. The Bertz CT molecular complexity index is 780. The molecule has 0 amide bonds. The maximum absolute atomic E-state index is 11.6. The van der Waals surface area contributed by atoms with Crippen LogP contribution in [0.3, 0.4) is 0 Å². The van der Waals surface area contributed by atoms with Crippen LogP contribution >= 0.6 is 0 Å². The fraction of sp³-hybridized carbons (Fsp3) is 0.167. The van der Waals surface area contributed by atoms with Crippen LogP contribution in [0.1, 0.15) is 5.56 Å². The van der Waals surface area contributed by atoms with Gasteiger partial charge in [0.25, 0.3) is 16.2 Å². The Balaban J connectivity index is 2.78. The first kappa shape index (κ1) is 16.1. The molecule has 1 aromatic rings. The lowest BCUT2D eigenvalue weighted by Gasteiger charge is -2.28. The third-order valence-corrected chi connectivity index (χ3v) is 4.18. The van der Waals surface area contributed by atoms with Gasteiger partial charge in [0, 0.05) is 16.2 Å². The number of anilines is 1. The number of nitrogens with two attached hydrogens (primary N) is 2. The van der Waals surface area contributed by atoms with E-state index in [4.69, 9.17) is 11.5 Å². The first-order valence-electron chi connectivity index (χ1n) is 5.95. The highest BCUT2D eigenvalue weighted by Crippen LogP contribution is 2.35. The van der Waals surface area contributed by atoms with Crippen molar-refractivity contribution in [3.8, 4) is 0 Å². The predicted molar refractivity (Wildman–Crippen MR) is 78.4 cm³/mol. The molecule has 2 atom stereocenters. The van der Waals surface area contributed by atoms with E-state index in [1.165, 1.54) is 24.3 Å². The van der Waals surface area contributed by atoms with E-state index in [1.54, 1.807) is 0 Å². The molecule has 6 N–H and O–H groups in total. The first-order chi connectivity index (χ1) is 10.0. The minimum Gasteiger partial charge on any atom is -0.399 e. The molecule has 1 aliphatic rings. The van der Waals surface area contributed by atoms with Crippen molar-refractivity contribution in [3.05, 3.63) is 57.0 Å². The van der Waals surface area contributed by atoms with Crippen LogP contribution in [0.4, 0.5) is 5.69 Å². The fourth-order valence-corrected chi connectivity index (χ4v) is 3.21. The molecule has 9 nitrogen and oxygen atoms in total. The molecule has 10 heteroatoms. The smallest absolute Gasteiger partial charge is 0.298 e. The molecule has 0 spiro atoms. The summed E-state index contributed by atoms with van der Waals surface area (Å²) >= 11 is 0. The van der Waals surface area contributed by atoms with Crippen molar-refractivity contribution in [2.45, 2.75) is 11.8 Å². The second-order valence-corrected chi connectivity index (χ2v) is 6.17. The van der Waals surface area contributed by atoms with Gasteiger partial charge in [-0.1, -0.05) is 18.2 Å². The zero-order chi connectivity index (χ0) is 16.7. The molecule has 0 aliphatic heterocycles. The number of benzene rings is 1. The van der Waals surface area contributed by atoms with Crippen molar-refractivity contribution < 1.29 is 23.0 Å². The van der Waals surface area contributed by atoms with Gasteiger partial charge in [0.05, 0.1) is 0 Å². The summed E-state index contributed by atoms with van der Waals surface area (Å²) in [4.78, 5) is 9.12. The molecule has 2 rings (SSSR count). The number of hydrogen-bond acceptors (Lipinski definition) is 7. The van der Waals surface area contributed by atoms with Gasteiger partial charge in [-0.3, -0.25) is 20.4 Å². The highest BCUT2D eigenvalue weighted by molar-refractivity contribution is 7.90. The van der Waals surface area contributed by atoms with Crippen LogP contribution in [0.5, 0.6) is 0 Å². The predicted octanol–water partition coefficient (Wildman–Crippen LogP) is -0.270. The van der Waals surface area contributed by atoms with Gasteiger partial charge in [0.2, 0.25) is 5.72 Å². The quantitative estimate of drug-likeness (QED) is 0.193. The normalized spacial score (nSPS) is 25.3. The van der Waals surface area contributed by atoms with E-state index in [0.717, 1.165) is 12.2 Å². The molecule has 0 saturated carbocycles. The van der Waals surface area contributed by atoms with E-state index in [9.17, 15) is 28.2 Å². The number of nitrogens with zero attached hydrogens (tertiary/aromatic N) is 1. The number of nitro groups is 1. The van der Waals surface area contributed by atoms with Crippen molar-refractivity contribution in [2.24, 2.45) is 5.73 Å². The van der Waals surface area contributed by atoms with E-state index in [-0.39, 0.29) is 11.1 Å². The highest BCUT2D eigenvalue weighted by Gasteiger charge is 2.51. The minimum atomic E-state index is -4.98. The fourth-order valence-electron chi connectivity index (χ4n) is 2.19. The third kappa shape index (κ3) is 2.85. The molecule has 0 fully saturated rings. The van der Waals surface area contributed by atoms with Gasteiger partial charge in [0.1, 0.15) is 0 Å². The van der Waals surface area contributed by atoms with Crippen molar-refractivity contribution >= 4 is 21.4 Å². The first-order valence-corrected chi connectivity index (χ1v) is 7.39. The van der Waals surface area contributed by atoms with Gasteiger partial charge in [-0.25, -0.2) is 0 Å². The Morgan fingerprint density at radius 1 is 1.27 bits per heavy atom. The van der Waals surface area contributed by atoms with Crippen LogP contribution in [0.25, 0.3) is 5.57 Å². The van der Waals surface area contributed by atoms with E-state index in [1.807, 2.05) is 0 Å². The summed E-state index contributed by atoms with van der Waals surface area (Å²) < 4.78 is 32.6. The molecule has 0 heterocycles. The monoisotopic (exact) mass is 327 g/mol. The lowest BCUT2D eigenvalue weighted by Crippen LogP contribution is -2.56. The van der Waals surface area contributed by atoms with E-state index < -0.39 is 31.7 Å². The summed E-state index contributed by atoms with van der Waals surface area (Å²) in [6.07, 6.45) is 2.01. The van der Waals surface area contributed by atoms with E-state index >= 15 is 0 Å². The van der Waals surface area contributed by atoms with E-state index in [2.05, 4.69) is 0 Å². The standard InChI is InChI=1S/C12H13N3O6S/c13-8-3-1-7(2-4-8)9-5-6-12(14,16)11(15(17)18)10(9)22(19,20)21/h1-6,11,16H,13-14H2,(H,19,20,21). The van der Waals surface area contributed by atoms with E-state index in [0.29, 0.717) is 5.69 Å². The van der Waals surface area contributed by atoms with Gasteiger partial charge in [-0.2, -0.15) is 8.42 Å². The molecule has 0 saturated heterocycles. The lowest BCUT2D eigenvalue weighted by molar-refractivity contribution is -0.529. The van der Waals surface area contributed by atoms with Crippen LogP contribution in [0.15, 0.2) is 41.3 Å². The molecule has 1 aliphatic carbocycles. The number of rotatable bonds is 3. The summed E-state index contributed by atoms with van der Waals surface area (Å²) in [5.74, 6) is 0. The Kier molecular flexibility index (Phi) is 3.79. The summed E-state index contributed by atoms with van der Waals surface area (Å²) in [5, 5.41) is 21.0. The molecule has 118 valence electrons. The van der Waals surface area contributed by atoms with Gasteiger partial charge < -0.3 is 10.8 Å². The second kappa shape index (κ2) is 5.18. The Morgan fingerprint density at radius 3 is 2.27 bits per heavy atom. The molecular formula is C12H13N3O6S. The second-order valence-electron chi connectivity index (χ2n) is 4.78. The molecule has 1 aromatic carbocycles. The third-order valence-electron chi connectivity index (χ3n) is 3.18. The average Bonchev–Trinajstić information content (AvgIpc) is 2.37. The number of hydrogen-bond donors (Lipinski definition) is 4. The summed E-state index contributed by atoms with van der Waals surface area (Å²) in [6, 6.07) is 3.54. The highest BCUT2D eigenvalue weighted by atomic mass is 32.2. The van der Waals surface area contributed by atoms with Crippen LogP contribution in [-0.2, 0) is 10.1 Å². The molecule has 0 bridgehead atoms. The number of aliphatic hydroxyl groups is 1. The SMILES string of the molecule is Nc1ccc(C2=C(S(=O)(=O)O)C([N+](=O)[O-])C(N)(O)C=C2)cc1. The van der Waals surface area contributed by atoms with Gasteiger partial charge >= 0.3 is 0 Å². The van der Waals surface area contributed by atoms with Crippen LogP contribution < -0.4 is 11.5 Å². The Morgan fingerprint density at radius 2 is 1.82 bits per heavy atom. The summed E-state index contributed by atoms with van der Waals surface area (Å²) in [5.41, 5.74) is 8.87. The van der Waals surface area contributed by atoms with Crippen LogP contribution in [-0.4, -0.2) is 34.8 Å². The lowest BCUT2D eigenvalue weighted by atomic mass is 9.91. The average molecular weight is 327 g/mol. The largest absolute Gasteiger partial charge is 0.399 e. The van der Waals surface area contributed by atoms with Gasteiger partial charge in [0.15, 0.2) is 4.91 Å². The van der Waals surface area contributed by atoms with Crippen molar-refractivity contribution in [1.82, 2.24) is 0 Å². The van der Waals surface area contributed by atoms with Crippen molar-refractivity contribution in [1.29, 1.82) is 0 Å². The molecule has 22 heavy (non-hydrogen) atoms. The maximum Gasteiger partial charge on any atom is 0.298 e. The van der Waals surface area contributed by atoms with Gasteiger partial charge in [-0.05, 0) is 23.8 Å². The van der Waals surface area contributed by atoms with Crippen LogP contribution in [0, 0.1) is 10.1 Å². The summed E-state index contributed by atoms with van der Waals surface area (Å²) in [7, 11) is -4.98. The molecule has 0 radical (unpaired) electrons. The van der Waals surface area contributed by atoms with Crippen molar-refractivity contribution in [3.63, 3.8) is 0 Å². The molecular weight excluding hydrogens is 314 g/mol. The van der Waals surface area contributed by atoms with Gasteiger partial charge in [-0.15, -0.1) is 0 Å².